The van der Waals surface area contributed by atoms with Gasteiger partial charge in [0.1, 0.15) is 30.5 Å². The standard InChI is InChI=1S/C22H17N5O5/c1-13-2-4-14(5-3-13)21-16(12-24-26-21)8-15(11-23)22(28)25-17-9-19-20(32-7-6-31-19)10-18(17)27(29)30/h2-5,8-10,12H,6-7H2,1H3,(H,24,26)(H,25,28)/b15-8+. The number of hydrogen-bond acceptors (Lipinski definition) is 7. The van der Waals surface area contributed by atoms with Crippen LogP contribution >= 0.6 is 0 Å². The number of nitriles is 1. The number of hydrogen-bond donors (Lipinski definition) is 2. The Balaban J connectivity index is 1.65. The molecule has 10 heteroatoms. The second kappa shape index (κ2) is 8.61. The van der Waals surface area contributed by atoms with Crippen LogP contribution in [0.15, 0.2) is 48.2 Å². The van der Waals surface area contributed by atoms with Gasteiger partial charge in [-0.25, -0.2) is 0 Å². The molecule has 2 N–H and O–H groups in total. The number of benzene rings is 2. The minimum Gasteiger partial charge on any atom is -0.486 e. The van der Waals surface area contributed by atoms with Gasteiger partial charge in [0.15, 0.2) is 11.5 Å². The van der Waals surface area contributed by atoms with Crippen molar-refractivity contribution < 1.29 is 19.2 Å². The molecule has 2 aromatic carbocycles. The Morgan fingerprint density at radius 3 is 2.59 bits per heavy atom. The van der Waals surface area contributed by atoms with Crippen molar-refractivity contribution in [1.29, 1.82) is 5.26 Å². The number of nitrogens with one attached hydrogen (secondary N) is 2. The molecule has 1 aliphatic rings. The molecule has 1 amide bonds. The topological polar surface area (TPSA) is 143 Å². The van der Waals surface area contributed by atoms with Crippen LogP contribution in [0.5, 0.6) is 11.5 Å². The van der Waals surface area contributed by atoms with Gasteiger partial charge in [-0.05, 0) is 13.0 Å². The predicted molar refractivity (Wildman–Crippen MR) is 115 cm³/mol. The summed E-state index contributed by atoms with van der Waals surface area (Å²) in [5, 5.41) is 30.3. The average molecular weight is 431 g/mol. The van der Waals surface area contributed by atoms with E-state index in [0.717, 1.165) is 11.1 Å². The lowest BCUT2D eigenvalue weighted by Gasteiger charge is -2.19. The molecular weight excluding hydrogens is 414 g/mol. The van der Waals surface area contributed by atoms with Gasteiger partial charge in [0.2, 0.25) is 0 Å². The number of nitrogens with zero attached hydrogens (tertiary/aromatic N) is 3. The van der Waals surface area contributed by atoms with Crippen LogP contribution in [0.2, 0.25) is 0 Å². The molecule has 0 saturated carbocycles. The zero-order valence-electron chi connectivity index (χ0n) is 16.9. The fourth-order valence-electron chi connectivity index (χ4n) is 3.18. The summed E-state index contributed by atoms with van der Waals surface area (Å²) in [6.07, 6.45) is 2.87. The Kier molecular flexibility index (Phi) is 5.55. The second-order valence-electron chi connectivity index (χ2n) is 6.96. The van der Waals surface area contributed by atoms with Gasteiger partial charge in [-0.3, -0.25) is 20.0 Å². The Morgan fingerprint density at radius 2 is 1.94 bits per heavy atom. The highest BCUT2D eigenvalue weighted by atomic mass is 16.6. The molecule has 10 nitrogen and oxygen atoms in total. The first-order valence-electron chi connectivity index (χ1n) is 9.58. The molecular formula is C22H17N5O5. The highest BCUT2D eigenvalue weighted by Crippen LogP contribution is 2.39. The van der Waals surface area contributed by atoms with Gasteiger partial charge in [-0.1, -0.05) is 29.8 Å². The van der Waals surface area contributed by atoms with E-state index in [-0.39, 0.29) is 41.7 Å². The Morgan fingerprint density at radius 1 is 1.25 bits per heavy atom. The molecule has 0 spiro atoms. The van der Waals surface area contributed by atoms with Gasteiger partial charge in [-0.15, -0.1) is 0 Å². The lowest BCUT2D eigenvalue weighted by molar-refractivity contribution is -0.384. The average Bonchev–Trinajstić information content (AvgIpc) is 3.25. The first-order chi connectivity index (χ1) is 15.5. The molecule has 0 saturated heterocycles. The highest BCUT2D eigenvalue weighted by Gasteiger charge is 2.24. The van der Waals surface area contributed by atoms with Crippen LogP contribution < -0.4 is 14.8 Å². The second-order valence-corrected chi connectivity index (χ2v) is 6.96. The summed E-state index contributed by atoms with van der Waals surface area (Å²) in [6, 6.07) is 12.0. The largest absolute Gasteiger partial charge is 0.486 e. The summed E-state index contributed by atoms with van der Waals surface area (Å²) >= 11 is 0. The van der Waals surface area contributed by atoms with Crippen LogP contribution in [0.4, 0.5) is 11.4 Å². The number of ether oxygens (including phenoxy) is 2. The number of anilines is 1. The number of fused-ring (bicyclic) bond motifs is 1. The van der Waals surface area contributed by atoms with Crippen LogP contribution in [0, 0.1) is 28.4 Å². The maximum atomic E-state index is 12.8. The third kappa shape index (κ3) is 4.13. The minimum atomic E-state index is -0.802. The maximum absolute atomic E-state index is 12.8. The molecule has 3 aromatic rings. The fraction of sp³-hybridized carbons (Fsp3) is 0.136. The predicted octanol–water partition coefficient (Wildman–Crippen LogP) is 3.61. The number of aryl methyl sites for hydroxylation is 1. The number of nitro benzene ring substituents is 1. The third-order valence-electron chi connectivity index (χ3n) is 4.78. The quantitative estimate of drug-likeness (QED) is 0.272. The van der Waals surface area contributed by atoms with E-state index in [0.29, 0.717) is 11.3 Å². The molecule has 0 unspecified atom stereocenters. The van der Waals surface area contributed by atoms with E-state index in [2.05, 4.69) is 15.5 Å². The van der Waals surface area contributed by atoms with Crippen LogP contribution in [0.1, 0.15) is 11.1 Å². The van der Waals surface area contributed by atoms with Gasteiger partial charge in [0.25, 0.3) is 11.6 Å². The summed E-state index contributed by atoms with van der Waals surface area (Å²) in [6.45, 7) is 2.52. The lowest BCUT2D eigenvalue weighted by atomic mass is 10.0. The molecule has 2 heterocycles. The van der Waals surface area contributed by atoms with E-state index in [1.165, 1.54) is 24.4 Å². The van der Waals surface area contributed by atoms with Gasteiger partial charge < -0.3 is 14.8 Å². The molecule has 1 aliphatic heterocycles. The van der Waals surface area contributed by atoms with Crippen molar-refractivity contribution in [3.8, 4) is 28.8 Å². The maximum Gasteiger partial charge on any atom is 0.296 e. The van der Waals surface area contributed by atoms with Crippen molar-refractivity contribution in [3.63, 3.8) is 0 Å². The highest BCUT2D eigenvalue weighted by molar-refractivity contribution is 6.11. The van der Waals surface area contributed by atoms with E-state index in [9.17, 15) is 20.2 Å². The minimum absolute atomic E-state index is 0.101. The molecule has 0 bridgehead atoms. The number of aromatic amines is 1. The number of nitro groups is 1. The molecule has 0 aliphatic carbocycles. The summed E-state index contributed by atoms with van der Waals surface area (Å²) in [4.78, 5) is 23.6. The molecule has 4 rings (SSSR count). The van der Waals surface area contributed by atoms with Crippen molar-refractivity contribution in [1.82, 2.24) is 10.2 Å². The molecule has 0 atom stereocenters. The molecule has 160 valence electrons. The van der Waals surface area contributed by atoms with Crippen molar-refractivity contribution >= 4 is 23.4 Å². The normalized spacial score (nSPS) is 12.7. The Hall–Kier alpha value is -4.65. The molecule has 32 heavy (non-hydrogen) atoms. The van der Waals surface area contributed by atoms with Crippen LogP contribution in [-0.4, -0.2) is 34.2 Å². The van der Waals surface area contributed by atoms with E-state index in [1.54, 1.807) is 0 Å². The number of aromatic nitrogens is 2. The van der Waals surface area contributed by atoms with Gasteiger partial charge >= 0.3 is 0 Å². The number of H-pyrrole nitrogens is 1. The first-order valence-corrected chi connectivity index (χ1v) is 9.58. The lowest BCUT2D eigenvalue weighted by Crippen LogP contribution is -2.18. The van der Waals surface area contributed by atoms with E-state index >= 15 is 0 Å². The summed E-state index contributed by atoms with van der Waals surface area (Å²) in [5.74, 6) is -0.308. The van der Waals surface area contributed by atoms with Crippen molar-refractivity contribution in [3.05, 3.63) is 69.4 Å². The number of amides is 1. The van der Waals surface area contributed by atoms with Crippen LogP contribution in [0.25, 0.3) is 17.3 Å². The Bertz CT molecular complexity index is 1270. The van der Waals surface area contributed by atoms with Gasteiger partial charge in [-0.2, -0.15) is 10.4 Å². The Labute approximate surface area is 182 Å². The van der Waals surface area contributed by atoms with E-state index in [4.69, 9.17) is 9.47 Å². The number of carbonyl (C=O) groups excluding carboxylic acids is 1. The van der Waals surface area contributed by atoms with Gasteiger partial charge in [0.05, 0.1) is 22.9 Å². The summed E-state index contributed by atoms with van der Waals surface area (Å²) in [7, 11) is 0. The number of carbonyl (C=O) groups is 1. The smallest absolute Gasteiger partial charge is 0.296 e. The van der Waals surface area contributed by atoms with Crippen molar-refractivity contribution in [2.75, 3.05) is 18.5 Å². The van der Waals surface area contributed by atoms with Crippen LogP contribution in [-0.2, 0) is 4.79 Å². The van der Waals surface area contributed by atoms with E-state index < -0.39 is 10.8 Å². The van der Waals surface area contributed by atoms with Crippen molar-refractivity contribution in [2.45, 2.75) is 6.92 Å². The number of rotatable bonds is 5. The molecule has 0 fully saturated rings. The third-order valence-corrected chi connectivity index (χ3v) is 4.78. The molecule has 1 aromatic heterocycles. The monoisotopic (exact) mass is 431 g/mol. The van der Waals surface area contributed by atoms with Crippen molar-refractivity contribution in [2.24, 2.45) is 0 Å². The summed E-state index contributed by atoms with van der Waals surface area (Å²) in [5.41, 5.74) is 2.36. The molecule has 0 radical (unpaired) electrons. The van der Waals surface area contributed by atoms with E-state index in [1.807, 2.05) is 37.3 Å². The zero-order valence-corrected chi connectivity index (χ0v) is 16.9. The first kappa shape index (κ1) is 20.6. The van der Waals surface area contributed by atoms with Crippen LogP contribution in [0.3, 0.4) is 0 Å². The SMILES string of the molecule is Cc1ccc(-c2[nH]ncc2/C=C(\C#N)C(=O)Nc2cc3c(cc2[N+](=O)[O-])OCCO3)cc1. The zero-order chi connectivity index (χ0) is 22.7. The summed E-state index contributed by atoms with van der Waals surface area (Å²) < 4.78 is 10.8. The fourth-order valence-corrected chi connectivity index (χ4v) is 3.18. The van der Waals surface area contributed by atoms with Gasteiger partial charge in [0, 0.05) is 17.2 Å².